The maximum absolute atomic E-state index is 11.2. The fourth-order valence-electron chi connectivity index (χ4n) is 2.06. The van der Waals surface area contributed by atoms with Gasteiger partial charge in [-0.25, -0.2) is 0 Å². The summed E-state index contributed by atoms with van der Waals surface area (Å²) >= 11 is 0. The van der Waals surface area contributed by atoms with E-state index in [9.17, 15) is 4.79 Å². The average molecular weight is 225 g/mol. The van der Waals surface area contributed by atoms with Crippen LogP contribution in [0.1, 0.15) is 33.6 Å². The van der Waals surface area contributed by atoms with Gasteiger partial charge in [-0.05, 0) is 30.1 Å². The topological polar surface area (TPSA) is 52.3 Å². The molecule has 1 aliphatic rings. The standard InChI is InChI=1S/C13H23NO2/c1-13(2,3)10(9-5-6-9)7-8-11(14)12(15)16-4/h7-11H,5-6,14H2,1-4H3. The summed E-state index contributed by atoms with van der Waals surface area (Å²) in [6, 6.07) is -0.631. The summed E-state index contributed by atoms with van der Waals surface area (Å²) in [7, 11) is 1.36. The van der Waals surface area contributed by atoms with Crippen molar-refractivity contribution in [3.63, 3.8) is 0 Å². The summed E-state index contributed by atoms with van der Waals surface area (Å²) in [6.07, 6.45) is 6.46. The van der Waals surface area contributed by atoms with Gasteiger partial charge in [0, 0.05) is 0 Å². The van der Waals surface area contributed by atoms with Crippen LogP contribution in [0.15, 0.2) is 12.2 Å². The molecule has 92 valence electrons. The van der Waals surface area contributed by atoms with Crippen LogP contribution in [-0.4, -0.2) is 19.1 Å². The molecule has 0 heterocycles. The fraction of sp³-hybridized carbons (Fsp3) is 0.769. The Labute approximate surface area is 98.0 Å². The second-order valence-corrected chi connectivity index (χ2v) is 5.66. The summed E-state index contributed by atoms with van der Waals surface area (Å²) in [5, 5.41) is 0. The third-order valence-corrected chi connectivity index (χ3v) is 3.13. The lowest BCUT2D eigenvalue weighted by Gasteiger charge is -2.28. The molecule has 2 unspecified atom stereocenters. The summed E-state index contributed by atoms with van der Waals surface area (Å²) in [5.74, 6) is 0.893. The minimum atomic E-state index is -0.631. The molecule has 1 rings (SSSR count). The molecule has 1 fully saturated rings. The second kappa shape index (κ2) is 5.00. The highest BCUT2D eigenvalue weighted by molar-refractivity contribution is 5.77. The van der Waals surface area contributed by atoms with Crippen molar-refractivity contribution in [1.29, 1.82) is 0 Å². The number of ether oxygens (including phenoxy) is 1. The normalized spacial score (nSPS) is 20.8. The van der Waals surface area contributed by atoms with Crippen LogP contribution >= 0.6 is 0 Å². The first-order chi connectivity index (χ1) is 7.36. The summed E-state index contributed by atoms with van der Waals surface area (Å²) in [4.78, 5) is 11.2. The molecule has 0 bridgehead atoms. The smallest absolute Gasteiger partial charge is 0.326 e. The van der Waals surface area contributed by atoms with Gasteiger partial charge in [0.15, 0.2) is 0 Å². The van der Waals surface area contributed by atoms with Gasteiger partial charge < -0.3 is 10.5 Å². The number of hydrogen-bond donors (Lipinski definition) is 1. The third kappa shape index (κ3) is 3.63. The SMILES string of the molecule is COC(=O)C(N)C=CC(C1CC1)C(C)(C)C. The number of nitrogens with two attached hydrogens (primary N) is 1. The Hall–Kier alpha value is -0.830. The van der Waals surface area contributed by atoms with Gasteiger partial charge in [-0.3, -0.25) is 4.79 Å². The molecule has 0 radical (unpaired) electrons. The lowest BCUT2D eigenvalue weighted by Crippen LogP contribution is -2.30. The Balaban J connectivity index is 2.61. The minimum absolute atomic E-state index is 0.230. The molecule has 0 aromatic rings. The van der Waals surface area contributed by atoms with Crippen LogP contribution in [0, 0.1) is 17.3 Å². The lowest BCUT2D eigenvalue weighted by molar-refractivity contribution is -0.140. The van der Waals surface area contributed by atoms with Crippen LogP contribution in [0.4, 0.5) is 0 Å². The van der Waals surface area contributed by atoms with Gasteiger partial charge in [0.05, 0.1) is 7.11 Å². The Kier molecular flexibility index (Phi) is 4.14. The Morgan fingerprint density at radius 2 is 1.94 bits per heavy atom. The van der Waals surface area contributed by atoms with Gasteiger partial charge in [-0.2, -0.15) is 0 Å². The predicted molar refractivity (Wildman–Crippen MR) is 64.8 cm³/mol. The van der Waals surface area contributed by atoms with Crippen LogP contribution in [0.2, 0.25) is 0 Å². The minimum Gasteiger partial charge on any atom is -0.468 e. The van der Waals surface area contributed by atoms with Gasteiger partial charge in [-0.1, -0.05) is 32.9 Å². The van der Waals surface area contributed by atoms with E-state index in [2.05, 4.69) is 31.6 Å². The van der Waals surface area contributed by atoms with Gasteiger partial charge >= 0.3 is 5.97 Å². The zero-order valence-corrected chi connectivity index (χ0v) is 10.7. The van der Waals surface area contributed by atoms with Crippen LogP contribution in [0.5, 0.6) is 0 Å². The van der Waals surface area contributed by atoms with E-state index < -0.39 is 6.04 Å². The molecule has 0 saturated heterocycles. The van der Waals surface area contributed by atoms with Crippen LogP contribution < -0.4 is 5.73 Å². The van der Waals surface area contributed by atoms with Crippen LogP contribution in [0.25, 0.3) is 0 Å². The number of allylic oxidation sites excluding steroid dienone is 1. The Morgan fingerprint density at radius 1 is 1.38 bits per heavy atom. The van der Waals surface area contributed by atoms with Crippen molar-refractivity contribution < 1.29 is 9.53 Å². The number of esters is 1. The van der Waals surface area contributed by atoms with E-state index in [0.29, 0.717) is 5.92 Å². The molecule has 2 N–H and O–H groups in total. The molecular weight excluding hydrogens is 202 g/mol. The third-order valence-electron chi connectivity index (χ3n) is 3.13. The monoisotopic (exact) mass is 225 g/mol. The molecule has 0 aromatic carbocycles. The average Bonchev–Trinajstić information content (AvgIpc) is 2.98. The first-order valence-electron chi connectivity index (χ1n) is 5.88. The molecule has 0 aliphatic heterocycles. The molecule has 16 heavy (non-hydrogen) atoms. The van der Waals surface area contributed by atoms with Crippen LogP contribution in [0.3, 0.4) is 0 Å². The Bertz CT molecular complexity index is 274. The second-order valence-electron chi connectivity index (χ2n) is 5.66. The molecule has 3 nitrogen and oxygen atoms in total. The molecule has 1 saturated carbocycles. The number of rotatable bonds is 4. The largest absolute Gasteiger partial charge is 0.468 e. The molecular formula is C13H23NO2. The number of carbonyl (C=O) groups excluding carboxylic acids is 1. The quantitative estimate of drug-likeness (QED) is 0.589. The maximum Gasteiger partial charge on any atom is 0.326 e. The van der Waals surface area contributed by atoms with Gasteiger partial charge in [-0.15, -0.1) is 0 Å². The molecule has 2 atom stereocenters. The first kappa shape index (κ1) is 13.2. The number of methoxy groups -OCH3 is 1. The molecule has 1 aliphatic carbocycles. The predicted octanol–water partition coefficient (Wildman–Crippen LogP) is 2.12. The summed E-state index contributed by atoms with van der Waals surface area (Å²) < 4.78 is 4.59. The van der Waals surface area contributed by atoms with Crippen molar-refractivity contribution in [3.8, 4) is 0 Å². The summed E-state index contributed by atoms with van der Waals surface area (Å²) in [6.45, 7) is 6.68. The van der Waals surface area contributed by atoms with Crippen molar-refractivity contribution in [2.75, 3.05) is 7.11 Å². The van der Waals surface area contributed by atoms with E-state index in [1.807, 2.05) is 0 Å². The van der Waals surface area contributed by atoms with E-state index in [4.69, 9.17) is 5.73 Å². The Morgan fingerprint density at radius 3 is 2.31 bits per heavy atom. The highest BCUT2D eigenvalue weighted by Crippen LogP contribution is 2.46. The van der Waals surface area contributed by atoms with Crippen molar-refractivity contribution >= 4 is 5.97 Å². The highest BCUT2D eigenvalue weighted by Gasteiger charge is 2.36. The van der Waals surface area contributed by atoms with Gasteiger partial charge in [0.1, 0.15) is 6.04 Å². The molecule has 0 spiro atoms. The van der Waals surface area contributed by atoms with Gasteiger partial charge in [0.2, 0.25) is 0 Å². The highest BCUT2D eigenvalue weighted by atomic mass is 16.5. The number of hydrogen-bond acceptors (Lipinski definition) is 3. The first-order valence-corrected chi connectivity index (χ1v) is 5.88. The van der Waals surface area contributed by atoms with E-state index in [0.717, 1.165) is 5.92 Å². The molecule has 0 amide bonds. The molecule has 3 heteroatoms. The van der Waals surface area contributed by atoms with Crippen molar-refractivity contribution in [3.05, 3.63) is 12.2 Å². The van der Waals surface area contributed by atoms with Crippen molar-refractivity contribution in [2.45, 2.75) is 39.7 Å². The van der Waals surface area contributed by atoms with Crippen molar-refractivity contribution in [1.82, 2.24) is 0 Å². The maximum atomic E-state index is 11.2. The van der Waals surface area contributed by atoms with E-state index in [1.165, 1.54) is 20.0 Å². The van der Waals surface area contributed by atoms with E-state index in [1.54, 1.807) is 6.08 Å². The lowest BCUT2D eigenvalue weighted by atomic mass is 9.77. The molecule has 0 aromatic heterocycles. The van der Waals surface area contributed by atoms with Crippen LogP contribution in [-0.2, 0) is 9.53 Å². The summed E-state index contributed by atoms with van der Waals surface area (Å²) in [5.41, 5.74) is 5.91. The zero-order chi connectivity index (χ0) is 12.3. The zero-order valence-electron chi connectivity index (χ0n) is 10.7. The fourth-order valence-corrected chi connectivity index (χ4v) is 2.06. The van der Waals surface area contributed by atoms with E-state index in [-0.39, 0.29) is 11.4 Å². The van der Waals surface area contributed by atoms with E-state index >= 15 is 0 Å². The number of carbonyl (C=O) groups is 1. The van der Waals surface area contributed by atoms with Gasteiger partial charge in [0.25, 0.3) is 0 Å². The van der Waals surface area contributed by atoms with Crippen molar-refractivity contribution in [2.24, 2.45) is 23.0 Å².